The van der Waals surface area contributed by atoms with E-state index in [2.05, 4.69) is 31.5 Å². The van der Waals surface area contributed by atoms with E-state index in [1.807, 2.05) is 29.2 Å². The van der Waals surface area contributed by atoms with Gasteiger partial charge in [-0.3, -0.25) is 10.1 Å². The summed E-state index contributed by atoms with van der Waals surface area (Å²) in [6.07, 6.45) is 5.17. The van der Waals surface area contributed by atoms with Crippen LogP contribution < -0.4 is 10.6 Å². The topological polar surface area (TPSA) is 74.3 Å². The van der Waals surface area contributed by atoms with Gasteiger partial charge in [-0.1, -0.05) is 40.1 Å². The number of urea groups is 1. The van der Waals surface area contributed by atoms with Gasteiger partial charge in [0.2, 0.25) is 0 Å². The second-order valence-corrected chi connectivity index (χ2v) is 8.95. The van der Waals surface area contributed by atoms with Gasteiger partial charge in [-0.2, -0.15) is 0 Å². The zero-order valence-corrected chi connectivity index (χ0v) is 17.2. The Balaban J connectivity index is 1.39. The minimum Gasteiger partial charge on any atom is -0.335 e. The zero-order valence-electron chi connectivity index (χ0n) is 14.8. The molecule has 1 aliphatic carbocycles. The lowest BCUT2D eigenvalue weighted by atomic mass is 10.1. The van der Waals surface area contributed by atoms with E-state index < -0.39 is 0 Å². The Bertz CT molecular complexity index is 846. The average molecular weight is 449 g/mol. The molecule has 0 unspecified atom stereocenters. The highest BCUT2D eigenvalue weighted by Crippen LogP contribution is 2.29. The highest BCUT2D eigenvalue weighted by atomic mass is 79.9. The van der Waals surface area contributed by atoms with E-state index >= 15 is 0 Å². The number of hydrogen-bond donors (Lipinski definition) is 2. The number of fused-ring (bicyclic) bond motifs is 1. The molecule has 2 heterocycles. The Labute approximate surface area is 170 Å². The molecule has 6 nitrogen and oxygen atoms in total. The molecule has 1 aromatic heterocycles. The summed E-state index contributed by atoms with van der Waals surface area (Å²) >= 11 is 4.85. The van der Waals surface area contributed by atoms with Gasteiger partial charge in [-0.25, -0.2) is 9.78 Å². The molecule has 3 amide bonds. The molecule has 1 aromatic carbocycles. The quantitative estimate of drug-likeness (QED) is 0.739. The third-order valence-corrected chi connectivity index (χ3v) is 6.55. The first kappa shape index (κ1) is 18.4. The number of nitrogens with zero attached hydrogens (tertiary/aromatic N) is 2. The molecular formula is C19H21BrN4O2S. The second kappa shape index (κ2) is 7.98. The molecule has 1 saturated carbocycles. The number of carbonyl (C=O) groups is 2. The number of thiazole rings is 1. The Morgan fingerprint density at radius 3 is 2.67 bits per heavy atom. The Morgan fingerprint density at radius 2 is 1.93 bits per heavy atom. The van der Waals surface area contributed by atoms with Crippen molar-refractivity contribution in [3.63, 3.8) is 0 Å². The van der Waals surface area contributed by atoms with Gasteiger partial charge in [0.05, 0.1) is 12.2 Å². The van der Waals surface area contributed by atoms with Crippen LogP contribution >= 0.6 is 27.3 Å². The van der Waals surface area contributed by atoms with Crippen molar-refractivity contribution >= 4 is 44.3 Å². The van der Waals surface area contributed by atoms with Crippen molar-refractivity contribution in [2.24, 2.45) is 0 Å². The minimum atomic E-state index is -0.184. The maximum absolute atomic E-state index is 12.7. The van der Waals surface area contributed by atoms with Gasteiger partial charge in [0.1, 0.15) is 0 Å². The molecule has 0 saturated heterocycles. The van der Waals surface area contributed by atoms with Gasteiger partial charge in [-0.05, 0) is 37.1 Å². The van der Waals surface area contributed by atoms with E-state index in [0.717, 1.165) is 27.9 Å². The van der Waals surface area contributed by atoms with E-state index in [9.17, 15) is 9.59 Å². The first-order valence-electron chi connectivity index (χ1n) is 9.19. The first-order chi connectivity index (χ1) is 13.1. The Morgan fingerprint density at radius 1 is 1.19 bits per heavy atom. The molecule has 0 radical (unpaired) electrons. The number of rotatable bonds is 3. The van der Waals surface area contributed by atoms with Crippen LogP contribution in [0.15, 0.2) is 28.7 Å². The lowest BCUT2D eigenvalue weighted by molar-refractivity contribution is 0.0736. The first-order valence-corrected chi connectivity index (χ1v) is 10.8. The molecule has 27 heavy (non-hydrogen) atoms. The average Bonchev–Trinajstić information content (AvgIpc) is 3.30. The number of anilines is 1. The molecule has 0 bridgehead atoms. The Kier molecular flexibility index (Phi) is 5.45. The van der Waals surface area contributed by atoms with Crippen molar-refractivity contribution in [3.05, 3.63) is 44.9 Å². The van der Waals surface area contributed by atoms with E-state index in [1.54, 1.807) is 0 Å². The van der Waals surface area contributed by atoms with E-state index in [4.69, 9.17) is 0 Å². The van der Waals surface area contributed by atoms with Gasteiger partial charge in [-0.15, -0.1) is 0 Å². The summed E-state index contributed by atoms with van der Waals surface area (Å²) in [5, 5.41) is 6.47. The summed E-state index contributed by atoms with van der Waals surface area (Å²) in [7, 11) is 0. The highest BCUT2D eigenvalue weighted by Gasteiger charge is 2.25. The van der Waals surface area contributed by atoms with Crippen molar-refractivity contribution in [2.75, 3.05) is 11.9 Å². The van der Waals surface area contributed by atoms with E-state index in [-0.39, 0.29) is 18.0 Å². The van der Waals surface area contributed by atoms with Crippen LogP contribution in [0.5, 0.6) is 0 Å². The van der Waals surface area contributed by atoms with Crippen molar-refractivity contribution < 1.29 is 9.59 Å². The molecule has 8 heteroatoms. The highest BCUT2D eigenvalue weighted by molar-refractivity contribution is 9.10. The Hall–Kier alpha value is -1.93. The SMILES string of the molecule is O=C(Nc1nc2c(s1)CN(C(=O)c1ccc(Br)cc1)CC2)NC1CCCC1. The standard InChI is InChI=1S/C19H21BrN4O2S/c20-13-7-5-12(6-8-13)17(25)24-10-9-15-16(11-24)27-19(22-15)23-18(26)21-14-3-1-2-4-14/h5-8,14H,1-4,9-11H2,(H2,21,22,23,26). The van der Waals surface area contributed by atoms with Crippen molar-refractivity contribution in [3.8, 4) is 0 Å². The summed E-state index contributed by atoms with van der Waals surface area (Å²) < 4.78 is 0.953. The fraction of sp³-hybridized carbons (Fsp3) is 0.421. The summed E-state index contributed by atoms with van der Waals surface area (Å²) in [5.74, 6) is 0.0232. The fourth-order valence-electron chi connectivity index (χ4n) is 3.59. The molecule has 1 fully saturated rings. The van der Waals surface area contributed by atoms with E-state index in [1.165, 1.54) is 24.2 Å². The molecule has 1 aliphatic heterocycles. The number of nitrogens with one attached hydrogen (secondary N) is 2. The van der Waals surface area contributed by atoms with Crippen molar-refractivity contribution in [1.82, 2.24) is 15.2 Å². The fourth-order valence-corrected chi connectivity index (χ4v) is 4.87. The number of carbonyl (C=O) groups excluding carboxylic acids is 2. The lowest BCUT2D eigenvalue weighted by Gasteiger charge is -2.26. The van der Waals surface area contributed by atoms with Gasteiger partial charge in [0.15, 0.2) is 5.13 Å². The normalized spacial score (nSPS) is 16.9. The van der Waals surface area contributed by atoms with Crippen molar-refractivity contribution in [2.45, 2.75) is 44.7 Å². The number of aromatic nitrogens is 1. The monoisotopic (exact) mass is 448 g/mol. The number of hydrogen-bond acceptors (Lipinski definition) is 4. The number of amides is 3. The van der Waals surface area contributed by atoms with Crippen LogP contribution in [0.3, 0.4) is 0 Å². The number of benzene rings is 1. The molecule has 142 valence electrons. The third kappa shape index (κ3) is 4.32. The molecule has 2 aromatic rings. The molecule has 0 atom stereocenters. The van der Waals surface area contributed by atoms with Gasteiger partial charge in [0.25, 0.3) is 5.91 Å². The molecule has 2 aliphatic rings. The predicted molar refractivity (Wildman–Crippen MR) is 109 cm³/mol. The van der Waals surface area contributed by atoms with Crippen LogP contribution in [0.25, 0.3) is 0 Å². The predicted octanol–water partition coefficient (Wildman–Crippen LogP) is 4.17. The number of halogens is 1. The summed E-state index contributed by atoms with van der Waals surface area (Å²) in [6.45, 7) is 1.17. The zero-order chi connectivity index (χ0) is 18.8. The van der Waals surface area contributed by atoms with Gasteiger partial charge >= 0.3 is 6.03 Å². The van der Waals surface area contributed by atoms with Gasteiger partial charge < -0.3 is 10.2 Å². The maximum atomic E-state index is 12.7. The molecular weight excluding hydrogens is 428 g/mol. The summed E-state index contributed by atoms with van der Waals surface area (Å²) in [4.78, 5) is 32.3. The van der Waals surface area contributed by atoms with Crippen LogP contribution in [-0.4, -0.2) is 34.4 Å². The van der Waals surface area contributed by atoms with E-state index in [0.29, 0.717) is 30.2 Å². The minimum absolute atomic E-state index is 0.0232. The van der Waals surface area contributed by atoms with Crippen LogP contribution in [0.1, 0.15) is 46.6 Å². The largest absolute Gasteiger partial charge is 0.335 e. The smallest absolute Gasteiger partial charge is 0.321 e. The van der Waals surface area contributed by atoms with Gasteiger partial charge in [0, 0.05) is 33.9 Å². The summed E-state index contributed by atoms with van der Waals surface area (Å²) in [6, 6.07) is 7.50. The van der Waals surface area contributed by atoms with Crippen LogP contribution in [-0.2, 0) is 13.0 Å². The second-order valence-electron chi connectivity index (χ2n) is 6.95. The van der Waals surface area contributed by atoms with Crippen LogP contribution in [0.2, 0.25) is 0 Å². The van der Waals surface area contributed by atoms with Crippen LogP contribution in [0.4, 0.5) is 9.93 Å². The van der Waals surface area contributed by atoms with Crippen LogP contribution in [0, 0.1) is 0 Å². The maximum Gasteiger partial charge on any atom is 0.321 e. The molecule has 2 N–H and O–H groups in total. The molecule has 4 rings (SSSR count). The lowest BCUT2D eigenvalue weighted by Crippen LogP contribution is -2.36. The molecule has 0 spiro atoms. The van der Waals surface area contributed by atoms with Crippen molar-refractivity contribution in [1.29, 1.82) is 0 Å². The summed E-state index contributed by atoms with van der Waals surface area (Å²) in [5.41, 5.74) is 1.66. The third-order valence-electron chi connectivity index (χ3n) is 5.02.